The maximum atomic E-state index is 7.12. The number of hydrogen-bond donors (Lipinski definition) is 0. The Bertz CT molecular complexity index is 1430. The quantitative estimate of drug-likeness (QED) is 0.255. The first kappa shape index (κ1) is 23.7. The zero-order chi connectivity index (χ0) is 26.2. The summed E-state index contributed by atoms with van der Waals surface area (Å²) in [5.74, 6) is 1.76. The molecule has 188 valence electrons. The minimum Gasteiger partial charge on any atom is -0.478 e. The molecule has 2 aliphatic heterocycles. The van der Waals surface area contributed by atoms with Gasteiger partial charge < -0.3 is 8.85 Å². The second-order valence-corrected chi connectivity index (χ2v) is 13.3. The summed E-state index contributed by atoms with van der Waals surface area (Å²) in [6.45, 7) is 17.2. The molecule has 0 aliphatic carbocycles. The number of nitrogens with zero attached hydrogens (tertiary/aromatic N) is 2. The van der Waals surface area contributed by atoms with Crippen LogP contribution in [-0.4, -0.2) is 8.88 Å². The normalized spacial score (nSPS) is 15.0. The van der Waals surface area contributed by atoms with Crippen molar-refractivity contribution in [2.75, 3.05) is 9.13 Å². The van der Waals surface area contributed by atoms with Crippen molar-refractivity contribution in [2.24, 2.45) is 0 Å². The fourth-order valence-corrected chi connectivity index (χ4v) is 9.10. The maximum absolute atomic E-state index is 7.12. The number of aryl methyl sites for hydroxylation is 8. The van der Waals surface area contributed by atoms with Gasteiger partial charge in [0.15, 0.2) is 0 Å². The van der Waals surface area contributed by atoms with Crippen LogP contribution in [0, 0.1) is 55.4 Å². The molecule has 0 N–H and O–H groups in total. The first-order chi connectivity index (χ1) is 17.6. The largest absolute Gasteiger partial charge is 0.733 e. The van der Waals surface area contributed by atoms with Gasteiger partial charge in [0.05, 0.1) is 11.4 Å². The van der Waals surface area contributed by atoms with Gasteiger partial charge in [-0.25, -0.2) is 0 Å². The smallest absolute Gasteiger partial charge is 0.478 e. The predicted octanol–water partition coefficient (Wildman–Crippen LogP) is 8.35. The van der Waals surface area contributed by atoms with Crippen LogP contribution in [0.2, 0.25) is 0 Å². The van der Waals surface area contributed by atoms with E-state index < -0.39 is 8.88 Å². The first-order valence-corrected chi connectivity index (χ1v) is 14.6. The topological polar surface area (TPSA) is 24.9 Å². The number of benzene rings is 4. The SMILES string of the molecule is Cc1cc(C)cc(N2c3cc(C)c(C)cc3O[Si]23Oc2cc(C)c(C)cc2N3c2cc(C)cc(C)c2)c1. The van der Waals surface area contributed by atoms with Gasteiger partial charge in [0.1, 0.15) is 11.5 Å². The molecule has 0 aromatic heterocycles. The average Bonchev–Trinajstić information content (AvgIpc) is 3.25. The van der Waals surface area contributed by atoms with Gasteiger partial charge in [0, 0.05) is 11.4 Å². The van der Waals surface area contributed by atoms with Crippen LogP contribution in [0.3, 0.4) is 0 Å². The van der Waals surface area contributed by atoms with Crippen molar-refractivity contribution in [3.05, 3.63) is 105 Å². The fraction of sp³-hybridized carbons (Fsp3) is 0.250. The molecule has 0 fully saturated rings. The van der Waals surface area contributed by atoms with Gasteiger partial charge in [0.25, 0.3) is 0 Å². The molecule has 1 spiro atoms. The number of rotatable bonds is 2. The summed E-state index contributed by atoms with van der Waals surface area (Å²) < 4.78 is 19.0. The van der Waals surface area contributed by atoms with Crippen LogP contribution >= 0.6 is 0 Å². The molecule has 0 bridgehead atoms. The van der Waals surface area contributed by atoms with Gasteiger partial charge in [-0.05, 0) is 148 Å². The van der Waals surface area contributed by atoms with E-state index in [2.05, 4.69) is 125 Å². The van der Waals surface area contributed by atoms with Crippen molar-refractivity contribution >= 4 is 31.6 Å². The minimum absolute atomic E-state index is 0.879. The van der Waals surface area contributed by atoms with Crippen molar-refractivity contribution in [1.82, 2.24) is 0 Å². The molecule has 0 saturated carbocycles. The molecule has 4 aromatic carbocycles. The molecule has 0 unspecified atom stereocenters. The summed E-state index contributed by atoms with van der Waals surface area (Å²) in [7, 11) is -3.34. The molecule has 37 heavy (non-hydrogen) atoms. The summed E-state index contributed by atoms with van der Waals surface area (Å²) in [4.78, 5) is 0. The van der Waals surface area contributed by atoms with E-state index in [4.69, 9.17) is 8.85 Å². The number of anilines is 4. The molecule has 0 amide bonds. The molecule has 0 saturated heterocycles. The Labute approximate surface area is 221 Å². The Morgan fingerprint density at radius 1 is 0.432 bits per heavy atom. The van der Waals surface area contributed by atoms with Gasteiger partial charge in [-0.3, -0.25) is 9.13 Å². The molecule has 5 heteroatoms. The zero-order valence-corrected chi connectivity index (χ0v) is 24.0. The molecular weight excluding hydrogens is 472 g/mol. The predicted molar refractivity (Wildman–Crippen MR) is 155 cm³/mol. The lowest BCUT2D eigenvalue weighted by molar-refractivity contribution is 0.413. The van der Waals surface area contributed by atoms with Crippen LogP contribution in [0.4, 0.5) is 22.7 Å². The second-order valence-electron chi connectivity index (χ2n) is 10.9. The lowest BCUT2D eigenvalue weighted by Crippen LogP contribution is -2.67. The van der Waals surface area contributed by atoms with E-state index in [1.807, 2.05) is 0 Å². The Hall–Kier alpha value is -3.70. The van der Waals surface area contributed by atoms with Crippen LogP contribution in [0.15, 0.2) is 60.7 Å². The lowest BCUT2D eigenvalue weighted by atomic mass is 10.1. The van der Waals surface area contributed by atoms with E-state index >= 15 is 0 Å². The van der Waals surface area contributed by atoms with E-state index in [9.17, 15) is 0 Å². The van der Waals surface area contributed by atoms with Gasteiger partial charge in [-0.15, -0.1) is 0 Å². The highest BCUT2D eigenvalue weighted by Gasteiger charge is 2.68. The third kappa shape index (κ3) is 3.64. The lowest BCUT2D eigenvalue weighted by Gasteiger charge is -2.36. The van der Waals surface area contributed by atoms with Crippen LogP contribution < -0.4 is 18.0 Å². The maximum Gasteiger partial charge on any atom is 0.733 e. The average molecular weight is 507 g/mol. The highest BCUT2D eigenvalue weighted by Crippen LogP contribution is 2.55. The van der Waals surface area contributed by atoms with Crippen molar-refractivity contribution in [3.8, 4) is 11.5 Å². The van der Waals surface area contributed by atoms with Crippen LogP contribution in [0.5, 0.6) is 11.5 Å². The van der Waals surface area contributed by atoms with Crippen LogP contribution in [0.25, 0.3) is 0 Å². The summed E-state index contributed by atoms with van der Waals surface area (Å²) in [5, 5.41) is 0. The van der Waals surface area contributed by atoms with Crippen molar-refractivity contribution in [3.63, 3.8) is 0 Å². The molecule has 6 rings (SSSR count). The van der Waals surface area contributed by atoms with E-state index in [-0.39, 0.29) is 0 Å². The van der Waals surface area contributed by atoms with Crippen LogP contribution in [0.1, 0.15) is 44.5 Å². The number of hydrogen-bond acceptors (Lipinski definition) is 4. The van der Waals surface area contributed by atoms with E-state index in [0.717, 1.165) is 34.2 Å². The second kappa shape index (κ2) is 8.15. The van der Waals surface area contributed by atoms with E-state index in [0.29, 0.717) is 0 Å². The fourth-order valence-electron chi connectivity index (χ4n) is 5.72. The summed E-state index contributed by atoms with van der Waals surface area (Å²) in [6, 6.07) is 22.3. The summed E-state index contributed by atoms with van der Waals surface area (Å²) >= 11 is 0. The summed E-state index contributed by atoms with van der Waals surface area (Å²) in [5.41, 5.74) is 14.1. The highest BCUT2D eigenvalue weighted by molar-refractivity contribution is 6.81. The summed E-state index contributed by atoms with van der Waals surface area (Å²) in [6.07, 6.45) is 0. The minimum atomic E-state index is -3.34. The van der Waals surface area contributed by atoms with Gasteiger partial charge in [-0.1, -0.05) is 12.1 Å². The Morgan fingerprint density at radius 3 is 1.11 bits per heavy atom. The van der Waals surface area contributed by atoms with E-state index in [1.165, 1.54) is 44.5 Å². The standard InChI is InChI=1S/C32H34N2O2Si/c1-19-9-20(2)12-27(11-19)33-29-15-23(5)25(7)17-31(29)35-37(33)34(28-13-21(3)10-22(4)14-28)30-16-24(6)26(8)18-32(30)36-37/h9-18H,1-8H3. The monoisotopic (exact) mass is 506 g/mol. The van der Waals surface area contributed by atoms with Gasteiger partial charge in [-0.2, -0.15) is 0 Å². The molecule has 2 aliphatic rings. The molecule has 0 radical (unpaired) electrons. The zero-order valence-electron chi connectivity index (χ0n) is 23.0. The molecule has 4 aromatic rings. The van der Waals surface area contributed by atoms with Crippen molar-refractivity contribution in [1.29, 1.82) is 0 Å². The Morgan fingerprint density at radius 2 is 0.757 bits per heavy atom. The third-order valence-corrected chi connectivity index (χ3v) is 10.7. The molecule has 0 atom stereocenters. The Kier molecular flexibility index (Phi) is 5.22. The van der Waals surface area contributed by atoms with Crippen molar-refractivity contribution in [2.45, 2.75) is 55.4 Å². The van der Waals surface area contributed by atoms with Gasteiger partial charge >= 0.3 is 8.88 Å². The van der Waals surface area contributed by atoms with E-state index in [1.54, 1.807) is 0 Å². The Balaban J connectivity index is 1.68. The number of fused-ring (bicyclic) bond motifs is 2. The molecular formula is C32H34N2O2Si. The molecule has 2 heterocycles. The van der Waals surface area contributed by atoms with Gasteiger partial charge in [0.2, 0.25) is 0 Å². The van der Waals surface area contributed by atoms with Crippen LogP contribution in [-0.2, 0) is 0 Å². The first-order valence-electron chi connectivity index (χ1n) is 12.9. The highest BCUT2D eigenvalue weighted by atomic mass is 28.4. The molecule has 4 nitrogen and oxygen atoms in total. The third-order valence-electron chi connectivity index (χ3n) is 7.61. The van der Waals surface area contributed by atoms with Crippen molar-refractivity contribution < 1.29 is 8.85 Å².